The predicted octanol–water partition coefficient (Wildman–Crippen LogP) is 4.48. The Morgan fingerprint density at radius 1 is 1.10 bits per heavy atom. The minimum Gasteiger partial charge on any atom is -0.320 e. The maximum absolute atomic E-state index is 12.9. The van der Waals surface area contributed by atoms with Crippen LogP contribution in [0.15, 0.2) is 67.1 Å². The second kappa shape index (κ2) is 6.77. The average Bonchev–Trinajstić information content (AvgIpc) is 3.40. The van der Waals surface area contributed by atoms with Gasteiger partial charge in [-0.25, -0.2) is 14.5 Å². The van der Waals surface area contributed by atoms with Crippen molar-refractivity contribution in [3.8, 4) is 11.4 Å². The number of aromatic nitrogens is 5. The molecule has 7 nitrogen and oxygen atoms in total. The number of rotatable bonds is 4. The maximum Gasteiger partial charge on any atom is 0.274 e. The first-order valence-corrected chi connectivity index (χ1v) is 10.4. The van der Waals surface area contributed by atoms with E-state index in [9.17, 15) is 4.79 Å². The van der Waals surface area contributed by atoms with Gasteiger partial charge in [-0.2, -0.15) is 0 Å². The summed E-state index contributed by atoms with van der Waals surface area (Å²) in [6.45, 7) is 1.97. The van der Waals surface area contributed by atoms with Crippen LogP contribution in [-0.2, 0) is 0 Å². The molecule has 4 heterocycles. The summed E-state index contributed by atoms with van der Waals surface area (Å²) in [5.41, 5.74) is 5.90. The van der Waals surface area contributed by atoms with Gasteiger partial charge in [0.25, 0.3) is 5.91 Å². The van der Waals surface area contributed by atoms with Crippen molar-refractivity contribution in [3.63, 3.8) is 0 Å². The van der Waals surface area contributed by atoms with Crippen LogP contribution in [0.1, 0.15) is 40.4 Å². The fourth-order valence-electron chi connectivity index (χ4n) is 3.86. The van der Waals surface area contributed by atoms with E-state index in [4.69, 9.17) is 0 Å². The summed E-state index contributed by atoms with van der Waals surface area (Å²) in [5.74, 6) is 1.09. The number of hydrogen-bond donors (Lipinski definition) is 1. The van der Waals surface area contributed by atoms with Crippen molar-refractivity contribution < 1.29 is 4.79 Å². The minimum atomic E-state index is -0.212. The Labute approximate surface area is 178 Å². The Kier molecular flexibility index (Phi) is 3.89. The standard InChI is InChI=1S/C24H20N6O/c1-15-5-6-17(23-27-22-10-9-18(16-7-8-16)14-30(22)28-23)12-19(15)26-24(31)20-13-25-21-4-2-3-11-29(20)21/h2-6,9-14,16H,7-8H2,1H3,(H,26,31). The average molecular weight is 408 g/mol. The smallest absolute Gasteiger partial charge is 0.274 e. The van der Waals surface area contributed by atoms with Gasteiger partial charge in [0.05, 0.1) is 6.20 Å². The highest BCUT2D eigenvalue weighted by molar-refractivity contribution is 6.04. The Bertz CT molecular complexity index is 1460. The fraction of sp³-hybridized carbons (Fsp3) is 0.167. The van der Waals surface area contributed by atoms with E-state index in [0.717, 1.165) is 28.1 Å². The molecular weight excluding hydrogens is 388 g/mol. The zero-order valence-electron chi connectivity index (χ0n) is 17.0. The molecule has 1 fully saturated rings. The number of nitrogens with one attached hydrogen (secondary N) is 1. The van der Waals surface area contributed by atoms with Crippen molar-refractivity contribution in [2.75, 3.05) is 5.32 Å². The third kappa shape index (κ3) is 3.15. The van der Waals surface area contributed by atoms with Gasteiger partial charge in [-0.05, 0) is 61.1 Å². The Balaban J connectivity index is 1.33. The largest absolute Gasteiger partial charge is 0.320 e. The highest BCUT2D eigenvalue weighted by Crippen LogP contribution is 2.39. The number of carbonyl (C=O) groups excluding carboxylic acids is 1. The van der Waals surface area contributed by atoms with Crippen LogP contribution in [-0.4, -0.2) is 29.9 Å². The number of amides is 1. The summed E-state index contributed by atoms with van der Waals surface area (Å²) in [7, 11) is 0. The fourth-order valence-corrected chi connectivity index (χ4v) is 3.86. The van der Waals surface area contributed by atoms with Gasteiger partial charge in [0, 0.05) is 23.6 Å². The molecule has 7 heteroatoms. The molecule has 0 aliphatic heterocycles. The van der Waals surface area contributed by atoms with Crippen LogP contribution in [0.25, 0.3) is 22.7 Å². The lowest BCUT2D eigenvalue weighted by atomic mass is 10.1. The number of nitrogens with zero attached hydrogens (tertiary/aromatic N) is 5. The van der Waals surface area contributed by atoms with Gasteiger partial charge in [0.1, 0.15) is 11.3 Å². The van der Waals surface area contributed by atoms with Crippen LogP contribution < -0.4 is 5.32 Å². The molecule has 1 aromatic carbocycles. The number of hydrogen-bond acceptors (Lipinski definition) is 4. The summed E-state index contributed by atoms with van der Waals surface area (Å²) in [4.78, 5) is 21.9. The Hall–Kier alpha value is -4.00. The molecule has 1 aliphatic rings. The second-order valence-electron chi connectivity index (χ2n) is 8.03. The van der Waals surface area contributed by atoms with Crippen LogP contribution in [0, 0.1) is 6.92 Å². The Morgan fingerprint density at radius 3 is 2.87 bits per heavy atom. The molecule has 1 amide bonds. The van der Waals surface area contributed by atoms with Crippen LogP contribution in [0.2, 0.25) is 0 Å². The molecule has 1 saturated carbocycles. The second-order valence-corrected chi connectivity index (χ2v) is 8.03. The van der Waals surface area contributed by atoms with E-state index in [-0.39, 0.29) is 5.91 Å². The molecule has 152 valence electrons. The highest BCUT2D eigenvalue weighted by Gasteiger charge is 2.24. The molecule has 31 heavy (non-hydrogen) atoms. The van der Waals surface area contributed by atoms with Crippen LogP contribution >= 0.6 is 0 Å². The van der Waals surface area contributed by atoms with E-state index < -0.39 is 0 Å². The first-order chi connectivity index (χ1) is 15.2. The zero-order chi connectivity index (χ0) is 20.9. The van der Waals surface area contributed by atoms with Crippen molar-refractivity contribution in [3.05, 3.63) is 83.9 Å². The van der Waals surface area contributed by atoms with E-state index in [1.165, 1.54) is 18.4 Å². The molecule has 4 aromatic heterocycles. The molecule has 0 atom stereocenters. The topological polar surface area (TPSA) is 76.6 Å². The minimum absolute atomic E-state index is 0.212. The van der Waals surface area contributed by atoms with Crippen molar-refractivity contribution in [1.29, 1.82) is 0 Å². The number of anilines is 1. The molecule has 0 saturated heterocycles. The summed E-state index contributed by atoms with van der Waals surface area (Å²) in [6.07, 6.45) is 7.99. The predicted molar refractivity (Wildman–Crippen MR) is 118 cm³/mol. The van der Waals surface area contributed by atoms with E-state index in [2.05, 4.69) is 32.6 Å². The van der Waals surface area contributed by atoms with Crippen molar-refractivity contribution in [2.45, 2.75) is 25.7 Å². The summed E-state index contributed by atoms with van der Waals surface area (Å²) >= 11 is 0. The molecule has 1 aliphatic carbocycles. The first kappa shape index (κ1) is 17.8. The third-order valence-electron chi connectivity index (χ3n) is 5.80. The molecule has 0 spiro atoms. The lowest BCUT2D eigenvalue weighted by Crippen LogP contribution is -2.15. The normalized spacial score (nSPS) is 13.7. The molecule has 0 radical (unpaired) electrons. The quantitative estimate of drug-likeness (QED) is 0.476. The SMILES string of the molecule is Cc1ccc(-c2nc3ccc(C4CC4)cn3n2)cc1NC(=O)c1cnc2ccccn12. The van der Waals surface area contributed by atoms with Gasteiger partial charge in [0.2, 0.25) is 0 Å². The van der Waals surface area contributed by atoms with E-state index in [1.54, 1.807) is 10.6 Å². The summed E-state index contributed by atoms with van der Waals surface area (Å²) in [6, 6.07) is 15.7. The number of aryl methyl sites for hydroxylation is 1. The highest BCUT2D eigenvalue weighted by atomic mass is 16.1. The van der Waals surface area contributed by atoms with Gasteiger partial charge in [-0.3, -0.25) is 9.20 Å². The third-order valence-corrected chi connectivity index (χ3v) is 5.80. The van der Waals surface area contributed by atoms with Gasteiger partial charge < -0.3 is 5.32 Å². The van der Waals surface area contributed by atoms with E-state index >= 15 is 0 Å². The summed E-state index contributed by atoms with van der Waals surface area (Å²) < 4.78 is 3.62. The van der Waals surface area contributed by atoms with Gasteiger partial charge >= 0.3 is 0 Å². The molecular formula is C24H20N6O. The van der Waals surface area contributed by atoms with Crippen LogP contribution in [0.3, 0.4) is 0 Å². The van der Waals surface area contributed by atoms with Crippen LogP contribution in [0.5, 0.6) is 0 Å². The zero-order valence-corrected chi connectivity index (χ0v) is 17.0. The van der Waals surface area contributed by atoms with Crippen molar-refractivity contribution in [2.24, 2.45) is 0 Å². The molecule has 0 bridgehead atoms. The molecule has 6 rings (SSSR count). The summed E-state index contributed by atoms with van der Waals surface area (Å²) in [5, 5.41) is 7.69. The lowest BCUT2D eigenvalue weighted by molar-refractivity contribution is 0.102. The number of benzene rings is 1. The van der Waals surface area contributed by atoms with E-state index in [0.29, 0.717) is 17.4 Å². The molecule has 0 unspecified atom stereocenters. The van der Waals surface area contributed by atoms with Crippen molar-refractivity contribution in [1.82, 2.24) is 24.0 Å². The Morgan fingerprint density at radius 2 is 2.00 bits per heavy atom. The first-order valence-electron chi connectivity index (χ1n) is 10.4. The van der Waals surface area contributed by atoms with Crippen molar-refractivity contribution >= 4 is 22.9 Å². The van der Waals surface area contributed by atoms with Crippen LogP contribution in [0.4, 0.5) is 5.69 Å². The number of imidazole rings is 1. The molecule has 1 N–H and O–H groups in total. The van der Waals surface area contributed by atoms with E-state index in [1.807, 2.05) is 60.1 Å². The van der Waals surface area contributed by atoms with Gasteiger partial charge in [0.15, 0.2) is 11.5 Å². The van der Waals surface area contributed by atoms with Gasteiger partial charge in [-0.1, -0.05) is 24.3 Å². The van der Waals surface area contributed by atoms with Gasteiger partial charge in [-0.15, -0.1) is 5.10 Å². The maximum atomic E-state index is 12.9. The number of pyridine rings is 2. The lowest BCUT2D eigenvalue weighted by Gasteiger charge is -2.09. The number of fused-ring (bicyclic) bond motifs is 2. The monoisotopic (exact) mass is 408 g/mol. The molecule has 5 aromatic rings. The number of carbonyl (C=O) groups is 1.